The average Bonchev–Trinajstić information content (AvgIpc) is 2.85. The van der Waals surface area contributed by atoms with Gasteiger partial charge in [0, 0.05) is 19.7 Å². The van der Waals surface area contributed by atoms with E-state index in [1.165, 1.54) is 7.11 Å². The van der Waals surface area contributed by atoms with Crippen molar-refractivity contribution in [1.82, 2.24) is 10.0 Å². The maximum Gasteiger partial charge on any atom is 0.240 e. The minimum atomic E-state index is -3.97. The van der Waals surface area contributed by atoms with Crippen molar-refractivity contribution in [3.63, 3.8) is 0 Å². The van der Waals surface area contributed by atoms with Gasteiger partial charge in [0.2, 0.25) is 10.0 Å². The van der Waals surface area contributed by atoms with Gasteiger partial charge in [-0.15, -0.1) is 0 Å². The van der Waals surface area contributed by atoms with Crippen molar-refractivity contribution in [2.24, 2.45) is 0 Å². The van der Waals surface area contributed by atoms with Gasteiger partial charge in [-0.3, -0.25) is 0 Å². The van der Waals surface area contributed by atoms with Crippen molar-refractivity contribution in [3.8, 4) is 0 Å². The number of benzene rings is 1. The molecule has 0 saturated carbocycles. The molecule has 21 heavy (non-hydrogen) atoms. The summed E-state index contributed by atoms with van der Waals surface area (Å²) in [7, 11) is -2.43. The van der Waals surface area contributed by atoms with E-state index in [9.17, 15) is 17.2 Å². The van der Waals surface area contributed by atoms with Gasteiger partial charge >= 0.3 is 0 Å². The van der Waals surface area contributed by atoms with E-state index in [1.54, 1.807) is 0 Å². The first-order chi connectivity index (χ1) is 9.87. The Labute approximate surface area is 122 Å². The third kappa shape index (κ3) is 3.97. The van der Waals surface area contributed by atoms with Gasteiger partial charge in [-0.2, -0.15) is 0 Å². The standard InChI is InChI=1S/C13H18F2N2O3S/c1-20-9-13(3-2-4-16-13)8-17-21(18,19)12-6-10(14)5-11(15)7-12/h5-7,16-17H,2-4,8-9H2,1H3. The Hall–Kier alpha value is -1.09. The van der Waals surface area contributed by atoms with Crippen LogP contribution in [0.25, 0.3) is 0 Å². The second-order valence-corrected chi connectivity index (χ2v) is 6.94. The van der Waals surface area contributed by atoms with Gasteiger partial charge in [-0.25, -0.2) is 21.9 Å². The van der Waals surface area contributed by atoms with E-state index in [0.717, 1.165) is 31.5 Å². The minimum absolute atomic E-state index is 0.0985. The molecule has 1 saturated heterocycles. The van der Waals surface area contributed by atoms with Crippen LogP contribution >= 0.6 is 0 Å². The summed E-state index contributed by atoms with van der Waals surface area (Å²) in [6, 6.07) is 2.21. The van der Waals surface area contributed by atoms with Crippen LogP contribution in [0.3, 0.4) is 0 Å². The summed E-state index contributed by atoms with van der Waals surface area (Å²) in [6.07, 6.45) is 1.68. The van der Waals surface area contributed by atoms with Crippen molar-refractivity contribution >= 4 is 10.0 Å². The predicted octanol–water partition coefficient (Wildman–Crippen LogP) is 1.01. The van der Waals surface area contributed by atoms with Crippen molar-refractivity contribution in [3.05, 3.63) is 29.8 Å². The van der Waals surface area contributed by atoms with Gasteiger partial charge in [0.25, 0.3) is 0 Å². The van der Waals surface area contributed by atoms with E-state index in [-0.39, 0.29) is 6.54 Å². The summed E-state index contributed by atoms with van der Waals surface area (Å²) >= 11 is 0. The smallest absolute Gasteiger partial charge is 0.240 e. The number of nitrogens with one attached hydrogen (secondary N) is 2. The monoisotopic (exact) mass is 320 g/mol. The molecule has 5 nitrogen and oxygen atoms in total. The summed E-state index contributed by atoms with van der Waals surface area (Å²) < 4.78 is 58.0. The summed E-state index contributed by atoms with van der Waals surface area (Å²) in [5, 5.41) is 3.22. The van der Waals surface area contributed by atoms with Crippen LogP contribution in [0.2, 0.25) is 0 Å². The molecule has 1 aromatic rings. The highest BCUT2D eigenvalue weighted by atomic mass is 32.2. The van der Waals surface area contributed by atoms with Crippen LogP contribution in [0.1, 0.15) is 12.8 Å². The van der Waals surface area contributed by atoms with Crippen molar-refractivity contribution in [2.75, 3.05) is 26.8 Å². The van der Waals surface area contributed by atoms with Gasteiger partial charge in [-0.1, -0.05) is 0 Å². The van der Waals surface area contributed by atoms with Crippen molar-refractivity contribution in [1.29, 1.82) is 0 Å². The Bertz CT molecular complexity index is 581. The Kier molecular flexibility index (Phi) is 4.92. The van der Waals surface area contributed by atoms with E-state index in [2.05, 4.69) is 10.0 Å². The molecule has 0 bridgehead atoms. The minimum Gasteiger partial charge on any atom is -0.383 e. The summed E-state index contributed by atoms with van der Waals surface area (Å²) in [4.78, 5) is -0.425. The molecule has 1 heterocycles. The number of sulfonamides is 1. The van der Waals surface area contributed by atoms with Gasteiger partial charge < -0.3 is 10.1 Å². The molecule has 8 heteroatoms. The van der Waals surface area contributed by atoms with Crippen LogP contribution < -0.4 is 10.0 Å². The van der Waals surface area contributed by atoms with Crippen molar-refractivity contribution < 1.29 is 21.9 Å². The molecule has 1 atom stereocenters. The van der Waals surface area contributed by atoms with Crippen LogP contribution in [0, 0.1) is 11.6 Å². The van der Waals surface area contributed by atoms with Crippen LogP contribution in [-0.2, 0) is 14.8 Å². The second kappa shape index (κ2) is 6.35. The Balaban J connectivity index is 2.13. The third-order valence-electron chi connectivity index (χ3n) is 3.50. The summed E-state index contributed by atoms with van der Waals surface area (Å²) in [6.45, 7) is 1.23. The molecule has 1 aliphatic heterocycles. The molecule has 118 valence electrons. The van der Waals surface area contributed by atoms with E-state index < -0.39 is 32.1 Å². The molecule has 0 spiro atoms. The first-order valence-corrected chi connectivity index (χ1v) is 8.05. The molecule has 1 aromatic carbocycles. The number of ether oxygens (including phenoxy) is 1. The summed E-state index contributed by atoms with van der Waals surface area (Å²) in [5.74, 6) is -1.86. The zero-order valence-electron chi connectivity index (χ0n) is 11.7. The zero-order valence-corrected chi connectivity index (χ0v) is 12.5. The molecule has 1 aliphatic rings. The maximum atomic E-state index is 13.1. The highest BCUT2D eigenvalue weighted by Crippen LogP contribution is 2.20. The Morgan fingerprint density at radius 1 is 1.33 bits per heavy atom. The third-order valence-corrected chi connectivity index (χ3v) is 4.88. The normalized spacial score (nSPS) is 22.6. The molecule has 2 rings (SSSR count). The van der Waals surface area contributed by atoms with E-state index in [1.807, 2.05) is 0 Å². The predicted molar refractivity (Wildman–Crippen MR) is 73.4 cm³/mol. The van der Waals surface area contributed by atoms with Gasteiger partial charge in [-0.05, 0) is 31.5 Å². The molecule has 1 unspecified atom stereocenters. The average molecular weight is 320 g/mol. The number of rotatable bonds is 6. The lowest BCUT2D eigenvalue weighted by Gasteiger charge is -2.28. The first-order valence-electron chi connectivity index (χ1n) is 6.57. The van der Waals surface area contributed by atoms with E-state index >= 15 is 0 Å². The molecular weight excluding hydrogens is 302 g/mol. The molecule has 0 amide bonds. The highest BCUT2D eigenvalue weighted by molar-refractivity contribution is 7.89. The maximum absolute atomic E-state index is 13.1. The molecule has 0 aromatic heterocycles. The number of methoxy groups -OCH3 is 1. The molecule has 1 fully saturated rings. The first kappa shape index (κ1) is 16.3. The fraction of sp³-hybridized carbons (Fsp3) is 0.538. The van der Waals surface area contributed by atoms with Gasteiger partial charge in [0.1, 0.15) is 11.6 Å². The second-order valence-electron chi connectivity index (χ2n) is 5.17. The van der Waals surface area contributed by atoms with E-state index in [0.29, 0.717) is 12.7 Å². The van der Waals surface area contributed by atoms with E-state index in [4.69, 9.17) is 4.74 Å². The lowest BCUT2D eigenvalue weighted by molar-refractivity contribution is 0.122. The molecular formula is C13H18F2N2O3S. The SMILES string of the molecule is COCC1(CNS(=O)(=O)c2cc(F)cc(F)c2)CCCN1. The van der Waals surface area contributed by atoms with Crippen LogP contribution in [0.5, 0.6) is 0 Å². The van der Waals surface area contributed by atoms with Gasteiger partial charge in [0.05, 0.1) is 17.0 Å². The fourth-order valence-corrected chi connectivity index (χ4v) is 3.64. The number of halogens is 2. The van der Waals surface area contributed by atoms with Gasteiger partial charge in [0.15, 0.2) is 0 Å². The lowest BCUT2D eigenvalue weighted by atomic mass is 9.99. The number of hydrogen-bond acceptors (Lipinski definition) is 4. The molecule has 0 aliphatic carbocycles. The number of hydrogen-bond donors (Lipinski definition) is 2. The molecule has 0 radical (unpaired) electrons. The summed E-state index contributed by atoms with van der Waals surface area (Å²) in [5.41, 5.74) is -0.478. The van der Waals surface area contributed by atoms with Crippen LogP contribution in [-0.4, -0.2) is 40.8 Å². The topological polar surface area (TPSA) is 67.4 Å². The van der Waals surface area contributed by atoms with Crippen LogP contribution in [0.15, 0.2) is 23.1 Å². The quantitative estimate of drug-likeness (QED) is 0.821. The van der Waals surface area contributed by atoms with Crippen LogP contribution in [0.4, 0.5) is 8.78 Å². The largest absolute Gasteiger partial charge is 0.383 e. The zero-order chi connectivity index (χ0) is 15.5. The Morgan fingerprint density at radius 3 is 2.52 bits per heavy atom. The molecule has 2 N–H and O–H groups in total. The Morgan fingerprint density at radius 2 is 2.00 bits per heavy atom. The lowest BCUT2D eigenvalue weighted by Crippen LogP contribution is -2.52. The fourth-order valence-electron chi connectivity index (χ4n) is 2.47. The van der Waals surface area contributed by atoms with Crippen molar-refractivity contribution in [2.45, 2.75) is 23.3 Å². The highest BCUT2D eigenvalue weighted by Gasteiger charge is 2.34.